The maximum Gasteiger partial charge on any atom is 0.258 e. The normalized spacial score (nSPS) is 16.5. The number of rotatable bonds is 7. The fourth-order valence-electron chi connectivity index (χ4n) is 2.87. The van der Waals surface area contributed by atoms with Crippen LogP contribution in [-0.2, 0) is 16.0 Å². The van der Waals surface area contributed by atoms with Crippen molar-refractivity contribution in [2.75, 3.05) is 19.8 Å². The zero-order valence-electron chi connectivity index (χ0n) is 14.6. The standard InChI is InChI=1S/C18H19N5O4/c24-16(10-26-17-12-4-1-2-5-13(12)20-11-21-17)19-8-7-15-22-18(27-23-15)14-6-3-9-25-14/h1-2,4-5,11,14H,3,6-10H2,(H,19,24)/t14-/m0/s1. The third-order valence-corrected chi connectivity index (χ3v) is 4.21. The van der Waals surface area contributed by atoms with Crippen LogP contribution in [0.2, 0.25) is 0 Å². The number of aromatic nitrogens is 4. The van der Waals surface area contributed by atoms with Gasteiger partial charge in [-0.15, -0.1) is 0 Å². The lowest BCUT2D eigenvalue weighted by Gasteiger charge is -2.07. The molecular formula is C18H19N5O4. The topological polar surface area (TPSA) is 112 Å². The number of nitrogens with one attached hydrogen (secondary N) is 1. The first-order valence-electron chi connectivity index (χ1n) is 8.83. The first-order valence-corrected chi connectivity index (χ1v) is 8.83. The lowest BCUT2D eigenvalue weighted by atomic mass is 10.2. The van der Waals surface area contributed by atoms with Crippen LogP contribution in [0.1, 0.15) is 30.7 Å². The van der Waals surface area contributed by atoms with Crippen LogP contribution < -0.4 is 10.1 Å². The number of ether oxygens (including phenoxy) is 2. The van der Waals surface area contributed by atoms with Gasteiger partial charge in [0.05, 0.1) is 10.9 Å². The molecule has 1 amide bonds. The van der Waals surface area contributed by atoms with Crippen LogP contribution in [0.3, 0.4) is 0 Å². The summed E-state index contributed by atoms with van der Waals surface area (Å²) in [5.74, 6) is 1.19. The Balaban J connectivity index is 1.24. The number of hydrogen-bond donors (Lipinski definition) is 1. The number of carbonyl (C=O) groups excluding carboxylic acids is 1. The molecule has 1 saturated heterocycles. The van der Waals surface area contributed by atoms with Crippen LogP contribution in [0.15, 0.2) is 35.1 Å². The number of carbonyl (C=O) groups is 1. The van der Waals surface area contributed by atoms with E-state index in [1.165, 1.54) is 6.33 Å². The highest BCUT2D eigenvalue weighted by molar-refractivity contribution is 5.83. The second kappa shape index (κ2) is 8.09. The average molecular weight is 369 g/mol. The van der Waals surface area contributed by atoms with Crippen LogP contribution in [0.25, 0.3) is 10.9 Å². The summed E-state index contributed by atoms with van der Waals surface area (Å²) in [7, 11) is 0. The fraction of sp³-hybridized carbons (Fsp3) is 0.389. The molecule has 0 spiro atoms. The van der Waals surface area contributed by atoms with Crippen LogP contribution in [0, 0.1) is 0 Å². The van der Waals surface area contributed by atoms with Gasteiger partial charge in [-0.2, -0.15) is 4.98 Å². The zero-order chi connectivity index (χ0) is 18.5. The van der Waals surface area contributed by atoms with Gasteiger partial charge in [0, 0.05) is 19.6 Å². The fourth-order valence-corrected chi connectivity index (χ4v) is 2.87. The number of amides is 1. The molecule has 140 valence electrons. The molecule has 27 heavy (non-hydrogen) atoms. The highest BCUT2D eigenvalue weighted by atomic mass is 16.5. The van der Waals surface area contributed by atoms with E-state index < -0.39 is 0 Å². The molecule has 1 fully saturated rings. The summed E-state index contributed by atoms with van der Waals surface area (Å²) in [6, 6.07) is 7.46. The average Bonchev–Trinajstić information content (AvgIpc) is 3.38. The number of fused-ring (bicyclic) bond motifs is 1. The van der Waals surface area contributed by atoms with E-state index in [0.29, 0.717) is 30.6 Å². The highest BCUT2D eigenvalue weighted by Crippen LogP contribution is 2.26. The molecule has 0 unspecified atom stereocenters. The molecule has 9 nitrogen and oxygen atoms in total. The van der Waals surface area contributed by atoms with E-state index in [0.717, 1.165) is 30.4 Å². The quantitative estimate of drug-likeness (QED) is 0.668. The molecule has 9 heteroatoms. The first kappa shape index (κ1) is 17.3. The minimum absolute atomic E-state index is 0.100. The zero-order valence-corrected chi connectivity index (χ0v) is 14.6. The van der Waals surface area contributed by atoms with E-state index in [9.17, 15) is 4.79 Å². The van der Waals surface area contributed by atoms with Gasteiger partial charge >= 0.3 is 0 Å². The molecular weight excluding hydrogens is 350 g/mol. The largest absolute Gasteiger partial charge is 0.467 e. The molecule has 4 rings (SSSR count). The SMILES string of the molecule is O=C(COc1ncnc2ccccc12)NCCc1noc([C@@H]2CCCO2)n1. The monoisotopic (exact) mass is 369 g/mol. The molecule has 0 radical (unpaired) electrons. The third-order valence-electron chi connectivity index (χ3n) is 4.21. The van der Waals surface area contributed by atoms with Gasteiger partial charge in [-0.1, -0.05) is 17.3 Å². The molecule has 0 bridgehead atoms. The molecule has 2 aromatic heterocycles. The second-order valence-electron chi connectivity index (χ2n) is 6.14. The Hall–Kier alpha value is -3.07. The van der Waals surface area contributed by atoms with E-state index in [1.54, 1.807) is 0 Å². The Labute approximate surface area is 155 Å². The molecule has 0 saturated carbocycles. The van der Waals surface area contributed by atoms with Gasteiger partial charge in [-0.05, 0) is 25.0 Å². The predicted octanol–water partition coefficient (Wildman–Crippen LogP) is 1.60. The summed E-state index contributed by atoms with van der Waals surface area (Å²) in [4.78, 5) is 24.6. The van der Waals surface area contributed by atoms with E-state index in [-0.39, 0.29) is 18.6 Å². The van der Waals surface area contributed by atoms with Crippen molar-refractivity contribution in [3.05, 3.63) is 42.3 Å². The number of nitrogens with zero attached hydrogens (tertiary/aromatic N) is 4. The number of hydrogen-bond acceptors (Lipinski definition) is 8. The van der Waals surface area contributed by atoms with Gasteiger partial charge < -0.3 is 19.3 Å². The Morgan fingerprint density at radius 2 is 2.22 bits per heavy atom. The van der Waals surface area contributed by atoms with Crippen molar-refractivity contribution in [1.29, 1.82) is 0 Å². The van der Waals surface area contributed by atoms with Gasteiger partial charge in [0.1, 0.15) is 12.4 Å². The molecule has 1 aromatic carbocycles. The summed E-state index contributed by atoms with van der Waals surface area (Å²) >= 11 is 0. The lowest BCUT2D eigenvalue weighted by molar-refractivity contribution is -0.123. The van der Waals surface area contributed by atoms with Crippen molar-refractivity contribution >= 4 is 16.8 Å². The Morgan fingerprint density at radius 1 is 1.30 bits per heavy atom. The highest BCUT2D eigenvalue weighted by Gasteiger charge is 2.23. The van der Waals surface area contributed by atoms with Gasteiger partial charge in [0.25, 0.3) is 11.8 Å². The minimum atomic E-state index is -0.250. The molecule has 1 N–H and O–H groups in total. The molecule has 3 heterocycles. The van der Waals surface area contributed by atoms with E-state index in [4.69, 9.17) is 14.0 Å². The van der Waals surface area contributed by atoms with Gasteiger partial charge in [0.2, 0.25) is 5.88 Å². The first-order chi connectivity index (χ1) is 13.3. The van der Waals surface area contributed by atoms with Gasteiger partial charge in [-0.25, -0.2) is 9.97 Å². The Bertz CT molecular complexity index is 918. The van der Waals surface area contributed by atoms with Crippen LogP contribution in [-0.4, -0.2) is 45.8 Å². The summed E-state index contributed by atoms with van der Waals surface area (Å²) in [6.45, 7) is 0.978. The summed E-state index contributed by atoms with van der Waals surface area (Å²) < 4.78 is 16.2. The summed E-state index contributed by atoms with van der Waals surface area (Å²) in [5.41, 5.74) is 0.766. The molecule has 0 aliphatic carbocycles. The summed E-state index contributed by atoms with van der Waals surface area (Å²) in [6.07, 6.45) is 3.68. The molecule has 1 aliphatic heterocycles. The Morgan fingerprint density at radius 3 is 3.11 bits per heavy atom. The van der Waals surface area contributed by atoms with Gasteiger partial charge in [0.15, 0.2) is 12.4 Å². The van der Waals surface area contributed by atoms with Crippen molar-refractivity contribution in [2.45, 2.75) is 25.4 Å². The van der Waals surface area contributed by atoms with Crippen LogP contribution in [0.4, 0.5) is 0 Å². The van der Waals surface area contributed by atoms with E-state index in [2.05, 4.69) is 25.4 Å². The lowest BCUT2D eigenvalue weighted by Crippen LogP contribution is -2.30. The van der Waals surface area contributed by atoms with E-state index >= 15 is 0 Å². The van der Waals surface area contributed by atoms with Crippen LogP contribution in [0.5, 0.6) is 5.88 Å². The van der Waals surface area contributed by atoms with Crippen molar-refractivity contribution in [3.63, 3.8) is 0 Å². The van der Waals surface area contributed by atoms with E-state index in [1.807, 2.05) is 24.3 Å². The maximum atomic E-state index is 12.0. The maximum absolute atomic E-state index is 12.0. The number of para-hydroxylation sites is 1. The Kier molecular flexibility index (Phi) is 5.20. The number of benzene rings is 1. The third kappa shape index (κ3) is 4.20. The smallest absolute Gasteiger partial charge is 0.258 e. The minimum Gasteiger partial charge on any atom is -0.467 e. The predicted molar refractivity (Wildman–Crippen MR) is 94.0 cm³/mol. The molecule has 1 aliphatic rings. The van der Waals surface area contributed by atoms with Gasteiger partial charge in [-0.3, -0.25) is 4.79 Å². The van der Waals surface area contributed by atoms with Crippen molar-refractivity contribution < 1.29 is 18.8 Å². The van der Waals surface area contributed by atoms with Crippen molar-refractivity contribution in [3.8, 4) is 5.88 Å². The van der Waals surface area contributed by atoms with Crippen LogP contribution >= 0.6 is 0 Å². The second-order valence-corrected chi connectivity index (χ2v) is 6.14. The van der Waals surface area contributed by atoms with Crippen molar-refractivity contribution in [2.24, 2.45) is 0 Å². The van der Waals surface area contributed by atoms with Crippen molar-refractivity contribution in [1.82, 2.24) is 25.4 Å². The molecule has 3 aromatic rings. The summed E-state index contributed by atoms with van der Waals surface area (Å²) in [5, 5.41) is 7.45. The molecule has 1 atom stereocenters.